The molecule has 1 aliphatic rings. The summed E-state index contributed by atoms with van der Waals surface area (Å²) in [6.45, 7) is 7.97. The number of carbonyl (C=O) groups is 3. The number of hydrogen-bond donors (Lipinski definition) is 2. The number of carbonyl (C=O) groups excluding carboxylic acids is 3. The molecule has 2 amide bonds. The molecule has 6 aromatic rings. The van der Waals surface area contributed by atoms with Gasteiger partial charge in [-0.3, -0.25) is 14.5 Å². The summed E-state index contributed by atoms with van der Waals surface area (Å²) >= 11 is 1.92. The molecule has 0 saturated carbocycles. The number of anilines is 1. The fraction of sp³-hybridized carbons (Fsp3) is 0.264. The Morgan fingerprint density at radius 2 is 1.31 bits per heavy atom. The average Bonchev–Trinajstić information content (AvgIpc) is 3.73. The van der Waals surface area contributed by atoms with Crippen LogP contribution < -0.4 is 15.5 Å². The SMILES string of the molecule is CC(=O)[C@@H](NC(=O)c1cc(N(C[C@@H]2C[C@H](SC(c3ccccc3)(c3ccccc3)c3ccccc3)CN2)C(=O)OC(C)(C)C)ccc1CCc1ccc(F)cc1)c1ccccc1. The van der Waals surface area contributed by atoms with Crippen LogP contribution in [0.5, 0.6) is 0 Å². The van der Waals surface area contributed by atoms with Gasteiger partial charge in [0.25, 0.3) is 5.91 Å². The smallest absolute Gasteiger partial charge is 0.414 e. The first-order chi connectivity index (χ1) is 29.9. The minimum atomic E-state index is -0.869. The molecular weight excluding hydrogens is 794 g/mol. The van der Waals surface area contributed by atoms with E-state index in [9.17, 15) is 18.8 Å². The number of Topliss-reactive ketones (excluding diaryl/α,β-unsaturated/α-hetero) is 1. The molecule has 7 nitrogen and oxygen atoms in total. The Labute approximate surface area is 369 Å². The van der Waals surface area contributed by atoms with Crippen LogP contribution in [0.1, 0.15) is 83.9 Å². The molecule has 2 N–H and O–H groups in total. The number of rotatable bonds is 15. The Morgan fingerprint density at radius 3 is 1.84 bits per heavy atom. The number of amides is 2. The van der Waals surface area contributed by atoms with Gasteiger partial charge in [0, 0.05) is 35.6 Å². The maximum absolute atomic E-state index is 14.4. The van der Waals surface area contributed by atoms with Gasteiger partial charge >= 0.3 is 6.09 Å². The Balaban J connectivity index is 1.21. The molecule has 1 heterocycles. The van der Waals surface area contributed by atoms with Gasteiger partial charge in [0.15, 0.2) is 5.78 Å². The first-order valence-corrected chi connectivity index (χ1v) is 22.1. The number of halogens is 1. The van der Waals surface area contributed by atoms with E-state index in [0.717, 1.165) is 17.5 Å². The van der Waals surface area contributed by atoms with Crippen molar-refractivity contribution in [1.29, 1.82) is 0 Å². The van der Waals surface area contributed by atoms with E-state index >= 15 is 0 Å². The minimum absolute atomic E-state index is 0.101. The predicted molar refractivity (Wildman–Crippen MR) is 248 cm³/mol. The highest BCUT2D eigenvalue weighted by atomic mass is 32.2. The quantitative estimate of drug-likeness (QED) is 0.100. The molecule has 9 heteroatoms. The van der Waals surface area contributed by atoms with Gasteiger partial charge in [-0.15, -0.1) is 11.8 Å². The molecule has 7 rings (SSSR count). The van der Waals surface area contributed by atoms with Crippen molar-refractivity contribution in [2.75, 3.05) is 18.0 Å². The van der Waals surface area contributed by atoms with Gasteiger partial charge in [-0.2, -0.15) is 0 Å². The second kappa shape index (κ2) is 19.8. The number of ketones is 1. The molecule has 0 radical (unpaired) electrons. The summed E-state index contributed by atoms with van der Waals surface area (Å²) in [4.78, 5) is 43.2. The van der Waals surface area contributed by atoms with Crippen LogP contribution in [-0.2, 0) is 27.1 Å². The number of nitrogens with one attached hydrogen (secondary N) is 2. The van der Waals surface area contributed by atoms with Gasteiger partial charge in [0.05, 0.1) is 4.75 Å². The Hall–Kier alpha value is -6.03. The van der Waals surface area contributed by atoms with Crippen molar-refractivity contribution in [2.24, 2.45) is 0 Å². The Kier molecular flexibility index (Phi) is 14.1. The van der Waals surface area contributed by atoms with Gasteiger partial charge in [-0.25, -0.2) is 9.18 Å². The van der Waals surface area contributed by atoms with E-state index < -0.39 is 28.4 Å². The highest BCUT2D eigenvalue weighted by Crippen LogP contribution is 2.51. The fourth-order valence-electron chi connectivity index (χ4n) is 8.17. The van der Waals surface area contributed by atoms with Crippen molar-refractivity contribution in [1.82, 2.24) is 10.6 Å². The van der Waals surface area contributed by atoms with E-state index in [-0.39, 0.29) is 29.4 Å². The summed E-state index contributed by atoms with van der Waals surface area (Å²) in [5, 5.41) is 6.88. The van der Waals surface area contributed by atoms with Crippen molar-refractivity contribution < 1.29 is 23.5 Å². The highest BCUT2D eigenvalue weighted by Gasteiger charge is 2.42. The van der Waals surface area contributed by atoms with Crippen LogP contribution in [0.25, 0.3) is 0 Å². The fourth-order valence-corrected chi connectivity index (χ4v) is 10.00. The summed E-state index contributed by atoms with van der Waals surface area (Å²) < 4.78 is 19.3. The van der Waals surface area contributed by atoms with Crippen LogP contribution in [0.3, 0.4) is 0 Å². The zero-order valence-electron chi connectivity index (χ0n) is 35.7. The lowest BCUT2D eigenvalue weighted by molar-refractivity contribution is -0.118. The maximum atomic E-state index is 14.4. The third-order valence-corrected chi connectivity index (χ3v) is 12.9. The van der Waals surface area contributed by atoms with Crippen molar-refractivity contribution in [2.45, 2.75) is 74.6 Å². The molecule has 0 spiro atoms. The predicted octanol–water partition coefficient (Wildman–Crippen LogP) is 10.9. The lowest BCUT2D eigenvalue weighted by Crippen LogP contribution is -2.44. The Bertz CT molecular complexity index is 2330. The lowest BCUT2D eigenvalue weighted by Gasteiger charge is -2.37. The lowest BCUT2D eigenvalue weighted by atomic mass is 9.84. The number of hydrogen-bond acceptors (Lipinski definition) is 6. The Morgan fingerprint density at radius 1 is 0.758 bits per heavy atom. The first kappa shape index (κ1) is 44.0. The maximum Gasteiger partial charge on any atom is 0.414 e. The monoisotopic (exact) mass is 847 g/mol. The highest BCUT2D eigenvalue weighted by molar-refractivity contribution is 8.01. The third-order valence-electron chi connectivity index (χ3n) is 11.1. The van der Waals surface area contributed by atoms with Gasteiger partial charge < -0.3 is 15.4 Å². The number of nitrogens with zero attached hydrogens (tertiary/aromatic N) is 1. The summed E-state index contributed by atoms with van der Waals surface area (Å²) in [5.74, 6) is -0.968. The van der Waals surface area contributed by atoms with Crippen molar-refractivity contribution >= 4 is 35.2 Å². The standard InChI is InChI=1S/C53H54FN3O4S/c1-37(58)49(40-17-9-5-10-18-40)56-50(59)48-34-46(32-29-39(48)28-25-38-26-30-44(54)31-27-38)57(51(60)61-52(2,3)4)36-45-33-47(35-55-45)62-53(41-19-11-6-12-20-41,42-21-13-7-14-22-42)43-23-15-8-16-24-43/h5-24,26-27,29-32,34,45,47,49,55H,25,28,33,35-36H2,1-4H3,(H,56,59)/t45-,47-,49+/m0/s1. The van der Waals surface area contributed by atoms with Crippen LogP contribution in [0.15, 0.2) is 164 Å². The number of thioether (sulfide) groups is 1. The molecule has 3 atom stereocenters. The van der Waals surface area contributed by atoms with Gasteiger partial charge in [-0.05, 0) is 105 Å². The van der Waals surface area contributed by atoms with E-state index in [1.807, 2.05) is 93.2 Å². The van der Waals surface area contributed by atoms with Crippen molar-refractivity contribution in [3.63, 3.8) is 0 Å². The van der Waals surface area contributed by atoms with E-state index in [4.69, 9.17) is 4.74 Å². The molecule has 6 aromatic carbocycles. The molecular formula is C53H54FN3O4S. The van der Waals surface area contributed by atoms with E-state index in [0.29, 0.717) is 36.2 Å². The number of ether oxygens (including phenoxy) is 1. The van der Waals surface area contributed by atoms with Gasteiger partial charge in [0.2, 0.25) is 0 Å². The summed E-state index contributed by atoms with van der Waals surface area (Å²) in [7, 11) is 0. The third kappa shape index (κ3) is 10.7. The van der Waals surface area contributed by atoms with Crippen LogP contribution in [0.2, 0.25) is 0 Å². The van der Waals surface area contributed by atoms with Crippen LogP contribution in [0.4, 0.5) is 14.9 Å². The molecule has 0 bridgehead atoms. The average molecular weight is 848 g/mol. The molecule has 1 fully saturated rings. The number of benzene rings is 6. The molecule has 0 aromatic heterocycles. The van der Waals surface area contributed by atoms with E-state index in [1.165, 1.54) is 35.7 Å². The summed E-state index contributed by atoms with van der Waals surface area (Å²) in [5.41, 5.74) is 5.93. The molecule has 1 aliphatic heterocycles. The second-order valence-electron chi connectivity index (χ2n) is 16.8. The van der Waals surface area contributed by atoms with E-state index in [2.05, 4.69) is 83.4 Å². The van der Waals surface area contributed by atoms with Crippen LogP contribution in [0, 0.1) is 5.82 Å². The molecule has 62 heavy (non-hydrogen) atoms. The van der Waals surface area contributed by atoms with Crippen molar-refractivity contribution in [3.8, 4) is 0 Å². The molecule has 318 valence electrons. The molecule has 1 saturated heterocycles. The minimum Gasteiger partial charge on any atom is -0.443 e. The van der Waals surface area contributed by atoms with Gasteiger partial charge in [0.1, 0.15) is 17.5 Å². The summed E-state index contributed by atoms with van der Waals surface area (Å²) in [6, 6.07) is 51.8. The topological polar surface area (TPSA) is 87.7 Å². The van der Waals surface area contributed by atoms with Gasteiger partial charge in [-0.1, -0.05) is 140 Å². The normalized spacial score (nSPS) is 15.7. The largest absolute Gasteiger partial charge is 0.443 e. The summed E-state index contributed by atoms with van der Waals surface area (Å²) in [6.07, 6.45) is 1.25. The molecule has 0 unspecified atom stereocenters. The zero-order valence-corrected chi connectivity index (χ0v) is 36.5. The first-order valence-electron chi connectivity index (χ1n) is 21.2. The second-order valence-corrected chi connectivity index (χ2v) is 18.4. The van der Waals surface area contributed by atoms with Crippen LogP contribution >= 0.6 is 11.8 Å². The number of aryl methyl sites for hydroxylation is 2. The molecule has 0 aliphatic carbocycles. The zero-order chi connectivity index (χ0) is 43.7. The van der Waals surface area contributed by atoms with Crippen LogP contribution in [-0.4, -0.2) is 47.8 Å². The van der Waals surface area contributed by atoms with Crippen molar-refractivity contribution in [3.05, 3.63) is 209 Å². The van der Waals surface area contributed by atoms with E-state index in [1.54, 1.807) is 23.1 Å².